The number of rotatable bonds is 6. The van der Waals surface area contributed by atoms with Crippen molar-refractivity contribution in [2.45, 2.75) is 82.7 Å². The molecule has 6 heteroatoms. The van der Waals surface area contributed by atoms with Gasteiger partial charge in [-0.2, -0.15) is 0 Å². The maximum Gasteiger partial charge on any atom is 0.248 e. The summed E-state index contributed by atoms with van der Waals surface area (Å²) in [6.07, 6.45) is 15.0. The van der Waals surface area contributed by atoms with Crippen LogP contribution in [0.2, 0.25) is 0 Å². The minimum atomic E-state index is -0.522. The first kappa shape index (κ1) is 23.4. The highest BCUT2D eigenvalue weighted by atomic mass is 16.1. The molecule has 2 saturated carbocycles. The van der Waals surface area contributed by atoms with Crippen LogP contribution in [0.25, 0.3) is 0 Å². The van der Waals surface area contributed by atoms with E-state index in [0.29, 0.717) is 23.2 Å². The Morgan fingerprint density at radius 2 is 0.966 bits per heavy atom. The van der Waals surface area contributed by atoms with E-state index in [9.17, 15) is 9.59 Å². The number of hydrogen-bond acceptors (Lipinski definition) is 4. The average Bonchev–Trinajstić information content (AvgIpc) is 2.71. The molecule has 0 spiro atoms. The van der Waals surface area contributed by atoms with E-state index >= 15 is 0 Å². The Hall–Kier alpha value is -1.92. The second-order valence-corrected chi connectivity index (χ2v) is 8.80. The van der Waals surface area contributed by atoms with E-state index in [1.54, 1.807) is 0 Å². The van der Waals surface area contributed by atoms with Gasteiger partial charge in [0.05, 0.1) is 0 Å². The summed E-state index contributed by atoms with van der Waals surface area (Å²) in [6, 6.07) is 6.85. The molecule has 1 aromatic rings. The third-order valence-electron chi connectivity index (χ3n) is 6.46. The number of hydrogen-bond donors (Lipinski definition) is 4. The monoisotopic (exact) mass is 402 g/mol. The standard InChI is InChI=1S/C15H30N2.C8H8N2O2/c16-14-8-4-12(5-9-14)2-1-3-13-6-10-15(17)11-7-13;9-7(11)5-1-2-6(4-3-5)8(10)12/h12-15H,1-11,16-17H2;1-4H,(H2,9,11)(H2,10,12). The summed E-state index contributed by atoms with van der Waals surface area (Å²) in [7, 11) is 0. The summed E-state index contributed by atoms with van der Waals surface area (Å²) >= 11 is 0. The maximum atomic E-state index is 10.6. The fourth-order valence-electron chi connectivity index (χ4n) is 4.45. The molecule has 0 saturated heterocycles. The van der Waals surface area contributed by atoms with Crippen LogP contribution in [0, 0.1) is 11.8 Å². The molecule has 0 unspecified atom stereocenters. The Labute approximate surface area is 174 Å². The molecule has 0 heterocycles. The van der Waals surface area contributed by atoms with E-state index in [0.717, 1.165) is 11.8 Å². The average molecular weight is 403 g/mol. The predicted octanol–water partition coefficient (Wildman–Crippen LogP) is 3.08. The normalized spacial score (nSPS) is 26.8. The van der Waals surface area contributed by atoms with Gasteiger partial charge in [-0.15, -0.1) is 0 Å². The van der Waals surface area contributed by atoms with Gasteiger partial charge in [-0.25, -0.2) is 0 Å². The minimum Gasteiger partial charge on any atom is -0.366 e. The Balaban J connectivity index is 0.000000221. The van der Waals surface area contributed by atoms with E-state index in [-0.39, 0.29) is 0 Å². The number of carbonyl (C=O) groups is 2. The molecule has 2 aliphatic rings. The molecule has 0 aromatic heterocycles. The lowest BCUT2D eigenvalue weighted by molar-refractivity contribution is 0.0988. The molecule has 162 valence electrons. The van der Waals surface area contributed by atoms with Crippen molar-refractivity contribution in [3.63, 3.8) is 0 Å². The van der Waals surface area contributed by atoms with Crippen LogP contribution in [-0.2, 0) is 0 Å². The van der Waals surface area contributed by atoms with Gasteiger partial charge in [0.2, 0.25) is 11.8 Å². The van der Waals surface area contributed by atoms with Gasteiger partial charge in [-0.1, -0.05) is 19.3 Å². The summed E-state index contributed by atoms with van der Waals surface area (Å²) in [5.41, 5.74) is 22.6. The van der Waals surface area contributed by atoms with Crippen molar-refractivity contribution in [2.75, 3.05) is 0 Å². The third-order valence-corrected chi connectivity index (χ3v) is 6.46. The lowest BCUT2D eigenvalue weighted by atomic mass is 9.80. The zero-order valence-corrected chi connectivity index (χ0v) is 17.5. The van der Waals surface area contributed by atoms with Gasteiger partial charge in [-0.3, -0.25) is 9.59 Å². The Kier molecular flexibility index (Phi) is 9.61. The minimum absolute atomic E-state index is 0.361. The number of benzene rings is 1. The van der Waals surface area contributed by atoms with Crippen LogP contribution in [0.4, 0.5) is 0 Å². The molecule has 1 aromatic carbocycles. The number of amides is 2. The molecular formula is C23H38N4O2. The van der Waals surface area contributed by atoms with Crippen LogP contribution in [-0.4, -0.2) is 23.9 Å². The first-order chi connectivity index (χ1) is 13.8. The first-order valence-corrected chi connectivity index (χ1v) is 11.1. The molecule has 0 bridgehead atoms. The summed E-state index contributed by atoms with van der Waals surface area (Å²) in [5.74, 6) is 0.929. The Bertz CT molecular complexity index is 576. The SMILES string of the molecule is NC(=O)c1ccc(C(N)=O)cc1.NC1CCC(CCCC2CCC(N)CC2)CC1. The van der Waals surface area contributed by atoms with Gasteiger partial charge in [0, 0.05) is 23.2 Å². The van der Waals surface area contributed by atoms with Crippen molar-refractivity contribution in [1.82, 2.24) is 0 Å². The lowest BCUT2D eigenvalue weighted by Crippen LogP contribution is -2.27. The van der Waals surface area contributed by atoms with Crippen LogP contribution in [0.5, 0.6) is 0 Å². The van der Waals surface area contributed by atoms with E-state index < -0.39 is 11.8 Å². The molecule has 0 atom stereocenters. The van der Waals surface area contributed by atoms with E-state index in [1.807, 2.05) is 0 Å². The van der Waals surface area contributed by atoms with E-state index in [2.05, 4.69) is 0 Å². The molecule has 2 fully saturated rings. The molecule has 2 aliphatic carbocycles. The molecule has 0 radical (unpaired) electrons. The van der Waals surface area contributed by atoms with Crippen LogP contribution >= 0.6 is 0 Å². The van der Waals surface area contributed by atoms with Gasteiger partial charge < -0.3 is 22.9 Å². The Morgan fingerprint density at radius 1 is 0.655 bits per heavy atom. The molecule has 6 nitrogen and oxygen atoms in total. The van der Waals surface area contributed by atoms with Crippen molar-refractivity contribution < 1.29 is 9.59 Å². The van der Waals surface area contributed by atoms with E-state index in [1.165, 1.54) is 94.9 Å². The number of primary amides is 2. The van der Waals surface area contributed by atoms with Crippen LogP contribution in [0.3, 0.4) is 0 Å². The summed E-state index contributed by atoms with van der Waals surface area (Å²) in [4.78, 5) is 21.2. The topological polar surface area (TPSA) is 138 Å². The zero-order valence-electron chi connectivity index (χ0n) is 17.5. The fraction of sp³-hybridized carbons (Fsp3) is 0.652. The van der Waals surface area contributed by atoms with Gasteiger partial charge >= 0.3 is 0 Å². The van der Waals surface area contributed by atoms with Crippen LogP contribution < -0.4 is 22.9 Å². The lowest BCUT2D eigenvalue weighted by Gasteiger charge is -2.28. The zero-order chi connectivity index (χ0) is 21.2. The fourth-order valence-corrected chi connectivity index (χ4v) is 4.45. The smallest absolute Gasteiger partial charge is 0.248 e. The molecule has 0 aliphatic heterocycles. The van der Waals surface area contributed by atoms with Gasteiger partial charge in [-0.05, 0) is 87.5 Å². The highest BCUT2D eigenvalue weighted by Gasteiger charge is 2.20. The van der Waals surface area contributed by atoms with Crippen LogP contribution in [0.15, 0.2) is 24.3 Å². The van der Waals surface area contributed by atoms with Crippen molar-refractivity contribution >= 4 is 11.8 Å². The van der Waals surface area contributed by atoms with Gasteiger partial charge in [0.15, 0.2) is 0 Å². The van der Waals surface area contributed by atoms with Crippen molar-refractivity contribution in [2.24, 2.45) is 34.8 Å². The van der Waals surface area contributed by atoms with E-state index in [4.69, 9.17) is 22.9 Å². The van der Waals surface area contributed by atoms with Gasteiger partial charge in [0.25, 0.3) is 0 Å². The summed E-state index contributed by atoms with van der Waals surface area (Å²) < 4.78 is 0. The quantitative estimate of drug-likeness (QED) is 0.580. The molecule has 2 amide bonds. The molecule has 8 N–H and O–H groups in total. The number of nitrogens with two attached hydrogens (primary N) is 4. The third kappa shape index (κ3) is 8.54. The van der Waals surface area contributed by atoms with Crippen LogP contribution in [0.1, 0.15) is 91.3 Å². The molecule has 29 heavy (non-hydrogen) atoms. The largest absolute Gasteiger partial charge is 0.366 e. The van der Waals surface area contributed by atoms with Crippen molar-refractivity contribution in [1.29, 1.82) is 0 Å². The second kappa shape index (κ2) is 11.9. The summed E-state index contributed by atoms with van der Waals surface area (Å²) in [6.45, 7) is 0. The Morgan fingerprint density at radius 3 is 1.24 bits per heavy atom. The first-order valence-electron chi connectivity index (χ1n) is 11.1. The second-order valence-electron chi connectivity index (χ2n) is 8.80. The van der Waals surface area contributed by atoms with Crippen molar-refractivity contribution in [3.8, 4) is 0 Å². The van der Waals surface area contributed by atoms with Gasteiger partial charge in [0.1, 0.15) is 0 Å². The highest BCUT2D eigenvalue weighted by Crippen LogP contribution is 2.31. The predicted molar refractivity (Wildman–Crippen MR) is 117 cm³/mol. The van der Waals surface area contributed by atoms with Crippen molar-refractivity contribution in [3.05, 3.63) is 35.4 Å². The highest BCUT2D eigenvalue weighted by molar-refractivity contribution is 5.96. The molecular weight excluding hydrogens is 364 g/mol. The number of carbonyl (C=O) groups excluding carboxylic acids is 2. The molecule has 3 rings (SSSR count). The maximum absolute atomic E-state index is 10.6. The summed E-state index contributed by atoms with van der Waals surface area (Å²) in [5, 5.41) is 0.